The highest BCUT2D eigenvalue weighted by atomic mass is 32.2. The van der Waals surface area contributed by atoms with Gasteiger partial charge in [-0.25, -0.2) is 18.4 Å². The van der Waals surface area contributed by atoms with Gasteiger partial charge < -0.3 is 15.0 Å². The standard InChI is InChI=1S/C43H44N6O5S2/c1-42(2,29-55-34-15-8-5-9-16-34)46-38-21-19-35(27-40(38)49(50)51)56(52,53)47-41-37-20-18-33(26-39(37)44-30-45-41)48-24-22-43(54-3,23-25-48)28-32-14-10-11-17-36(32)31-12-6-4-7-13-31/h4-21,26-27,30,46H,22-25,28-29H2,1-3H3,(H,44,45,47). The molecule has 1 fully saturated rings. The monoisotopic (exact) mass is 788 g/mol. The number of fused-ring (bicyclic) bond motifs is 1. The lowest BCUT2D eigenvalue weighted by molar-refractivity contribution is -0.384. The fourth-order valence-electron chi connectivity index (χ4n) is 7.17. The summed E-state index contributed by atoms with van der Waals surface area (Å²) >= 11 is 1.62. The van der Waals surface area contributed by atoms with Crippen LogP contribution in [0.1, 0.15) is 32.3 Å². The number of methoxy groups -OCH3 is 1. The first-order valence-corrected chi connectivity index (χ1v) is 20.9. The lowest BCUT2D eigenvalue weighted by Crippen LogP contribution is -2.47. The molecule has 5 aromatic carbocycles. The van der Waals surface area contributed by atoms with E-state index in [9.17, 15) is 18.5 Å². The van der Waals surface area contributed by atoms with Crippen molar-refractivity contribution in [3.05, 3.63) is 143 Å². The van der Waals surface area contributed by atoms with Crippen molar-refractivity contribution in [2.24, 2.45) is 0 Å². The van der Waals surface area contributed by atoms with E-state index in [0.717, 1.165) is 49.0 Å². The van der Waals surface area contributed by atoms with Crippen LogP contribution in [0.3, 0.4) is 0 Å². The van der Waals surface area contributed by atoms with Crippen molar-refractivity contribution in [2.45, 2.75) is 54.0 Å². The van der Waals surface area contributed by atoms with Crippen LogP contribution in [0.4, 0.5) is 22.9 Å². The second-order valence-electron chi connectivity index (χ2n) is 14.7. The number of piperidine rings is 1. The van der Waals surface area contributed by atoms with Crippen LogP contribution in [-0.4, -0.2) is 60.4 Å². The van der Waals surface area contributed by atoms with Crippen molar-refractivity contribution in [3.63, 3.8) is 0 Å². The number of nitro groups is 1. The molecular weight excluding hydrogens is 745 g/mol. The molecule has 2 N–H and O–H groups in total. The van der Waals surface area contributed by atoms with Gasteiger partial charge in [0.2, 0.25) is 0 Å². The molecule has 7 rings (SSSR count). The van der Waals surface area contributed by atoms with E-state index in [1.807, 2.05) is 68.4 Å². The van der Waals surface area contributed by atoms with Crippen LogP contribution >= 0.6 is 11.8 Å². The Morgan fingerprint density at radius 1 is 0.893 bits per heavy atom. The number of hydrogen-bond donors (Lipinski definition) is 2. The molecule has 288 valence electrons. The van der Waals surface area contributed by atoms with Crippen molar-refractivity contribution >= 4 is 55.6 Å². The number of thioether (sulfide) groups is 1. The molecular formula is C43H44N6O5S2. The van der Waals surface area contributed by atoms with Gasteiger partial charge in [-0.3, -0.25) is 14.8 Å². The molecule has 0 unspecified atom stereocenters. The molecule has 1 saturated heterocycles. The molecule has 6 aromatic rings. The van der Waals surface area contributed by atoms with Crippen molar-refractivity contribution in [1.29, 1.82) is 0 Å². The number of hydrogen-bond acceptors (Lipinski definition) is 10. The fraction of sp³-hybridized carbons (Fsp3) is 0.256. The minimum atomic E-state index is -4.26. The molecule has 1 aliphatic rings. The lowest BCUT2D eigenvalue weighted by atomic mass is 9.82. The molecule has 0 atom stereocenters. The van der Waals surface area contributed by atoms with E-state index < -0.39 is 20.5 Å². The summed E-state index contributed by atoms with van der Waals surface area (Å²) in [7, 11) is -2.46. The Bertz CT molecular complexity index is 2440. The fourth-order valence-corrected chi connectivity index (χ4v) is 9.17. The molecule has 13 heteroatoms. The maximum Gasteiger partial charge on any atom is 0.293 e. The Hall–Kier alpha value is -5.50. The van der Waals surface area contributed by atoms with Gasteiger partial charge in [-0.05, 0) is 85.8 Å². The third kappa shape index (κ3) is 8.80. The van der Waals surface area contributed by atoms with Gasteiger partial charge in [0, 0.05) is 59.9 Å². The first-order valence-electron chi connectivity index (χ1n) is 18.4. The average Bonchev–Trinajstić information content (AvgIpc) is 3.21. The smallest absolute Gasteiger partial charge is 0.293 e. The maximum absolute atomic E-state index is 13.7. The van der Waals surface area contributed by atoms with Gasteiger partial charge in [0.05, 0.1) is 20.9 Å². The van der Waals surface area contributed by atoms with Crippen LogP contribution in [-0.2, 0) is 21.2 Å². The molecule has 0 amide bonds. The molecule has 0 saturated carbocycles. The van der Waals surface area contributed by atoms with E-state index in [1.165, 1.54) is 35.2 Å². The summed E-state index contributed by atoms with van der Waals surface area (Å²) in [4.78, 5) is 23.4. The quantitative estimate of drug-likeness (QED) is 0.0624. The number of benzene rings is 5. The zero-order valence-electron chi connectivity index (χ0n) is 31.5. The molecule has 2 heterocycles. The number of nitro benzene ring substituents is 1. The van der Waals surface area contributed by atoms with E-state index in [2.05, 4.69) is 73.4 Å². The van der Waals surface area contributed by atoms with E-state index in [-0.39, 0.29) is 27.7 Å². The minimum Gasteiger partial charge on any atom is -0.378 e. The Morgan fingerprint density at radius 3 is 2.30 bits per heavy atom. The summed E-state index contributed by atoms with van der Waals surface area (Å²) < 4.78 is 36.1. The van der Waals surface area contributed by atoms with Gasteiger partial charge in [-0.1, -0.05) is 72.8 Å². The molecule has 11 nitrogen and oxygen atoms in total. The lowest BCUT2D eigenvalue weighted by Gasteiger charge is -2.42. The van der Waals surface area contributed by atoms with Crippen LogP contribution < -0.4 is 14.9 Å². The van der Waals surface area contributed by atoms with Crippen molar-refractivity contribution in [2.75, 3.05) is 40.9 Å². The SMILES string of the molecule is COC1(Cc2ccccc2-c2ccccc2)CCN(c2ccc3c(NS(=O)(=O)c4ccc(NC(C)(C)CSc5ccccc5)c([N+](=O)[O-])c4)ncnc3c2)CC1. The molecule has 0 spiro atoms. The van der Waals surface area contributed by atoms with Crippen LogP contribution in [0.15, 0.2) is 137 Å². The topological polar surface area (TPSA) is 140 Å². The summed E-state index contributed by atoms with van der Waals surface area (Å²) in [6.07, 6.45) is 3.75. The third-order valence-corrected chi connectivity index (χ3v) is 13.0. The number of anilines is 3. The third-order valence-electron chi connectivity index (χ3n) is 10.2. The van der Waals surface area contributed by atoms with Crippen molar-refractivity contribution in [3.8, 4) is 11.1 Å². The van der Waals surface area contributed by atoms with E-state index in [4.69, 9.17) is 4.74 Å². The molecule has 1 aliphatic heterocycles. The van der Waals surface area contributed by atoms with Crippen LogP contribution in [0, 0.1) is 10.1 Å². The first-order chi connectivity index (χ1) is 26.9. The van der Waals surface area contributed by atoms with Gasteiger partial charge in [-0.2, -0.15) is 0 Å². The van der Waals surface area contributed by atoms with E-state index in [0.29, 0.717) is 16.7 Å². The average molecular weight is 789 g/mol. The van der Waals surface area contributed by atoms with Gasteiger partial charge in [0.1, 0.15) is 12.0 Å². The second-order valence-corrected chi connectivity index (χ2v) is 17.4. The summed E-state index contributed by atoms with van der Waals surface area (Å²) in [6.45, 7) is 5.42. The highest BCUT2D eigenvalue weighted by Gasteiger charge is 2.36. The van der Waals surface area contributed by atoms with Crippen molar-refractivity contribution < 1.29 is 18.1 Å². The van der Waals surface area contributed by atoms with Crippen LogP contribution in [0.25, 0.3) is 22.0 Å². The maximum atomic E-state index is 13.7. The molecule has 0 radical (unpaired) electrons. The zero-order valence-corrected chi connectivity index (χ0v) is 33.1. The Balaban J connectivity index is 1.04. The predicted molar refractivity (Wildman–Crippen MR) is 225 cm³/mol. The number of ether oxygens (including phenoxy) is 1. The summed E-state index contributed by atoms with van der Waals surface area (Å²) in [5.41, 5.74) is 4.21. The number of aromatic nitrogens is 2. The number of nitrogens with one attached hydrogen (secondary N) is 2. The molecule has 1 aromatic heterocycles. The van der Waals surface area contributed by atoms with Gasteiger partial charge in [-0.15, -0.1) is 11.8 Å². The summed E-state index contributed by atoms with van der Waals surface area (Å²) in [5.74, 6) is 0.702. The van der Waals surface area contributed by atoms with E-state index >= 15 is 0 Å². The van der Waals surface area contributed by atoms with Crippen LogP contribution in [0.2, 0.25) is 0 Å². The zero-order chi connectivity index (χ0) is 39.3. The van der Waals surface area contributed by atoms with Gasteiger partial charge in [0.25, 0.3) is 15.7 Å². The molecule has 56 heavy (non-hydrogen) atoms. The first kappa shape index (κ1) is 38.8. The van der Waals surface area contributed by atoms with Crippen LogP contribution in [0.5, 0.6) is 0 Å². The van der Waals surface area contributed by atoms with E-state index in [1.54, 1.807) is 18.9 Å². The largest absolute Gasteiger partial charge is 0.378 e. The predicted octanol–water partition coefficient (Wildman–Crippen LogP) is 9.22. The van der Waals surface area contributed by atoms with Crippen molar-refractivity contribution in [1.82, 2.24) is 9.97 Å². The Labute approximate surface area is 331 Å². The van der Waals surface area contributed by atoms with Gasteiger partial charge in [0.15, 0.2) is 5.82 Å². The minimum absolute atomic E-state index is 0.0830. The number of nitrogens with zero attached hydrogens (tertiary/aromatic N) is 4. The normalized spacial score (nSPS) is 14.4. The van der Waals surface area contributed by atoms with Gasteiger partial charge >= 0.3 is 0 Å². The highest BCUT2D eigenvalue weighted by Crippen LogP contribution is 2.37. The summed E-state index contributed by atoms with van der Waals surface area (Å²) in [6, 6.07) is 38.3. The Kier molecular flexibility index (Phi) is 11.3. The summed E-state index contributed by atoms with van der Waals surface area (Å²) in [5, 5.41) is 15.9. The number of sulfonamides is 1. The Morgan fingerprint density at radius 2 is 1.59 bits per heavy atom. The molecule has 0 bridgehead atoms. The second kappa shape index (κ2) is 16.3. The highest BCUT2D eigenvalue weighted by molar-refractivity contribution is 7.99. The molecule has 0 aliphatic carbocycles. The number of rotatable bonds is 14.